The second-order valence-electron chi connectivity index (χ2n) is 3.59. The smallest absolute Gasteiger partial charge is 0.330 e. The number of carbonyl (C=O) groups is 1. The summed E-state index contributed by atoms with van der Waals surface area (Å²) in [6.45, 7) is 1.61. The van der Waals surface area contributed by atoms with Crippen LogP contribution in [0.15, 0.2) is 0 Å². The first-order chi connectivity index (χ1) is 6.31. The lowest BCUT2D eigenvalue weighted by Gasteiger charge is -2.39. The average Bonchev–Trinajstić information content (AvgIpc) is 1.97. The van der Waals surface area contributed by atoms with E-state index in [0.717, 1.165) is 0 Å². The Labute approximate surface area is 79.2 Å². The number of halogens is 3. The lowest BCUT2D eigenvalue weighted by atomic mass is 9.96. The Morgan fingerprint density at radius 1 is 1.50 bits per heavy atom. The van der Waals surface area contributed by atoms with Crippen LogP contribution < -0.4 is 16.0 Å². The van der Waals surface area contributed by atoms with Crippen LogP contribution in [0.4, 0.5) is 18.0 Å². The molecule has 0 aromatic carbocycles. The molecule has 0 aliphatic carbocycles. The van der Waals surface area contributed by atoms with Gasteiger partial charge in [-0.2, -0.15) is 13.2 Å². The van der Waals surface area contributed by atoms with Crippen molar-refractivity contribution in [1.82, 2.24) is 16.0 Å². The molecule has 1 fully saturated rings. The zero-order chi connectivity index (χ0) is 10.8. The molecule has 0 unspecified atom stereocenters. The first-order valence-electron chi connectivity index (χ1n) is 4.14. The SMILES string of the molecule is CC1(NC(=O)NCC(F)(F)F)CNC1. The predicted molar refractivity (Wildman–Crippen MR) is 43.9 cm³/mol. The summed E-state index contributed by atoms with van der Waals surface area (Å²) >= 11 is 0. The van der Waals surface area contributed by atoms with Crippen molar-refractivity contribution in [2.45, 2.75) is 18.6 Å². The lowest BCUT2D eigenvalue weighted by molar-refractivity contribution is -0.122. The van der Waals surface area contributed by atoms with E-state index >= 15 is 0 Å². The average molecular weight is 211 g/mol. The summed E-state index contributed by atoms with van der Waals surface area (Å²) in [4.78, 5) is 10.9. The fourth-order valence-electron chi connectivity index (χ4n) is 1.09. The van der Waals surface area contributed by atoms with Crippen LogP contribution in [0, 0.1) is 0 Å². The van der Waals surface area contributed by atoms with Gasteiger partial charge in [-0.05, 0) is 6.92 Å². The molecule has 0 aromatic heterocycles. The summed E-state index contributed by atoms with van der Waals surface area (Å²) in [6.07, 6.45) is -4.36. The van der Waals surface area contributed by atoms with Gasteiger partial charge in [0.2, 0.25) is 0 Å². The Hall–Kier alpha value is -0.980. The van der Waals surface area contributed by atoms with Crippen LogP contribution in [0.5, 0.6) is 0 Å². The largest absolute Gasteiger partial charge is 0.405 e. The second kappa shape index (κ2) is 3.64. The van der Waals surface area contributed by atoms with Crippen LogP contribution in [0.2, 0.25) is 0 Å². The molecular weight excluding hydrogens is 199 g/mol. The summed E-state index contributed by atoms with van der Waals surface area (Å²) in [7, 11) is 0. The van der Waals surface area contributed by atoms with E-state index in [1.54, 1.807) is 12.2 Å². The summed E-state index contributed by atoms with van der Waals surface area (Å²) < 4.78 is 35.1. The minimum atomic E-state index is -4.36. The van der Waals surface area contributed by atoms with Gasteiger partial charge in [0.1, 0.15) is 6.54 Å². The Bertz CT molecular complexity index is 225. The molecule has 0 radical (unpaired) electrons. The van der Waals surface area contributed by atoms with Gasteiger partial charge >= 0.3 is 12.2 Å². The van der Waals surface area contributed by atoms with E-state index in [4.69, 9.17) is 0 Å². The minimum absolute atomic E-state index is 0.421. The summed E-state index contributed by atoms with van der Waals surface area (Å²) in [5.74, 6) is 0. The predicted octanol–water partition coefficient (Wildman–Crippen LogP) is 0.210. The molecule has 0 saturated carbocycles. The number of hydrogen-bond acceptors (Lipinski definition) is 2. The van der Waals surface area contributed by atoms with Gasteiger partial charge < -0.3 is 16.0 Å². The molecule has 2 amide bonds. The summed E-state index contributed by atoms with van der Waals surface area (Å²) in [5, 5.41) is 7.11. The highest BCUT2D eigenvalue weighted by atomic mass is 19.4. The van der Waals surface area contributed by atoms with Crippen molar-refractivity contribution in [2.24, 2.45) is 0 Å². The van der Waals surface area contributed by atoms with Crippen LogP contribution >= 0.6 is 0 Å². The van der Waals surface area contributed by atoms with Gasteiger partial charge in [0.15, 0.2) is 0 Å². The molecule has 7 heteroatoms. The van der Waals surface area contributed by atoms with Gasteiger partial charge in [-0.3, -0.25) is 0 Å². The van der Waals surface area contributed by atoms with E-state index in [0.29, 0.717) is 13.1 Å². The normalized spacial score (nSPS) is 19.7. The molecule has 0 spiro atoms. The van der Waals surface area contributed by atoms with Gasteiger partial charge in [-0.15, -0.1) is 0 Å². The quantitative estimate of drug-likeness (QED) is 0.611. The Morgan fingerprint density at radius 3 is 2.43 bits per heavy atom. The van der Waals surface area contributed by atoms with Gasteiger partial charge in [0, 0.05) is 13.1 Å². The van der Waals surface area contributed by atoms with Gasteiger partial charge in [0.05, 0.1) is 5.54 Å². The van der Waals surface area contributed by atoms with Crippen LogP contribution in [-0.2, 0) is 0 Å². The van der Waals surface area contributed by atoms with Crippen molar-refractivity contribution < 1.29 is 18.0 Å². The third-order valence-electron chi connectivity index (χ3n) is 1.90. The van der Waals surface area contributed by atoms with E-state index in [-0.39, 0.29) is 0 Å². The molecular formula is C7H12F3N3O. The number of amides is 2. The van der Waals surface area contributed by atoms with E-state index in [1.165, 1.54) is 0 Å². The van der Waals surface area contributed by atoms with E-state index in [1.807, 2.05) is 0 Å². The number of nitrogens with one attached hydrogen (secondary N) is 3. The molecule has 1 heterocycles. The van der Waals surface area contributed by atoms with Crippen LogP contribution in [0.1, 0.15) is 6.92 Å². The molecule has 3 N–H and O–H groups in total. The highest BCUT2D eigenvalue weighted by Crippen LogP contribution is 2.12. The summed E-state index contributed by atoms with van der Waals surface area (Å²) in [5.41, 5.74) is -0.421. The topological polar surface area (TPSA) is 53.2 Å². The van der Waals surface area contributed by atoms with Gasteiger partial charge in [0.25, 0.3) is 0 Å². The maximum Gasteiger partial charge on any atom is 0.405 e. The van der Waals surface area contributed by atoms with Crippen molar-refractivity contribution >= 4 is 6.03 Å². The number of alkyl halides is 3. The number of rotatable bonds is 2. The Balaban J connectivity index is 2.22. The van der Waals surface area contributed by atoms with Crippen molar-refractivity contribution in [3.63, 3.8) is 0 Å². The molecule has 1 aliphatic heterocycles. The van der Waals surface area contributed by atoms with Gasteiger partial charge in [-0.1, -0.05) is 0 Å². The molecule has 0 aromatic rings. The molecule has 0 bridgehead atoms. The van der Waals surface area contributed by atoms with Crippen LogP contribution in [0.25, 0.3) is 0 Å². The van der Waals surface area contributed by atoms with Crippen molar-refractivity contribution in [3.8, 4) is 0 Å². The number of urea groups is 1. The molecule has 1 aliphatic rings. The zero-order valence-corrected chi connectivity index (χ0v) is 7.66. The Morgan fingerprint density at radius 2 is 2.07 bits per heavy atom. The molecule has 4 nitrogen and oxygen atoms in total. The minimum Gasteiger partial charge on any atom is -0.330 e. The van der Waals surface area contributed by atoms with E-state index < -0.39 is 24.3 Å². The Kier molecular flexibility index (Phi) is 2.89. The maximum atomic E-state index is 11.7. The second-order valence-corrected chi connectivity index (χ2v) is 3.59. The van der Waals surface area contributed by atoms with E-state index in [9.17, 15) is 18.0 Å². The van der Waals surface area contributed by atoms with Gasteiger partial charge in [-0.25, -0.2) is 4.79 Å². The van der Waals surface area contributed by atoms with E-state index in [2.05, 4.69) is 10.6 Å². The lowest BCUT2D eigenvalue weighted by Crippen LogP contribution is -2.68. The maximum absolute atomic E-state index is 11.7. The fraction of sp³-hybridized carbons (Fsp3) is 0.857. The fourth-order valence-corrected chi connectivity index (χ4v) is 1.09. The molecule has 1 rings (SSSR count). The molecule has 0 atom stereocenters. The molecule has 82 valence electrons. The highest BCUT2D eigenvalue weighted by molar-refractivity contribution is 5.75. The number of carbonyl (C=O) groups excluding carboxylic acids is 1. The number of hydrogen-bond donors (Lipinski definition) is 3. The van der Waals surface area contributed by atoms with Crippen LogP contribution in [-0.4, -0.2) is 37.4 Å². The standard InChI is InChI=1S/C7H12F3N3O/c1-6(2-11-3-6)13-5(14)12-4-7(8,9)10/h11H,2-4H2,1H3,(H2,12,13,14). The molecule has 14 heavy (non-hydrogen) atoms. The van der Waals surface area contributed by atoms with Crippen LogP contribution in [0.3, 0.4) is 0 Å². The van der Waals surface area contributed by atoms with Crippen molar-refractivity contribution in [3.05, 3.63) is 0 Å². The first-order valence-corrected chi connectivity index (χ1v) is 4.14. The highest BCUT2D eigenvalue weighted by Gasteiger charge is 2.34. The zero-order valence-electron chi connectivity index (χ0n) is 7.66. The third-order valence-corrected chi connectivity index (χ3v) is 1.90. The first kappa shape index (κ1) is 11.1. The molecule has 1 saturated heterocycles. The van der Waals surface area contributed by atoms with Crippen molar-refractivity contribution in [1.29, 1.82) is 0 Å². The third kappa shape index (κ3) is 3.41. The summed E-state index contributed by atoms with van der Waals surface area (Å²) in [6, 6.07) is -0.786. The van der Waals surface area contributed by atoms with Crippen molar-refractivity contribution in [2.75, 3.05) is 19.6 Å². The monoisotopic (exact) mass is 211 g/mol.